The van der Waals surface area contributed by atoms with Gasteiger partial charge in [0, 0.05) is 23.0 Å². The lowest BCUT2D eigenvalue weighted by Gasteiger charge is -2.05. The maximum atomic E-state index is 11.7. The van der Waals surface area contributed by atoms with Gasteiger partial charge in [-0.15, -0.1) is 0 Å². The van der Waals surface area contributed by atoms with Crippen molar-refractivity contribution in [2.24, 2.45) is 0 Å². The van der Waals surface area contributed by atoms with E-state index in [1.807, 2.05) is 6.07 Å². The summed E-state index contributed by atoms with van der Waals surface area (Å²) in [5.74, 6) is -0.405. The zero-order valence-electron chi connectivity index (χ0n) is 9.53. The number of benzene rings is 1. The minimum absolute atomic E-state index is 0.142. The molecule has 1 aromatic rings. The van der Waals surface area contributed by atoms with E-state index in [1.54, 1.807) is 18.2 Å². The monoisotopic (exact) mass is 299 g/mol. The number of hydrogen-bond acceptors (Lipinski definition) is 3. The second-order valence-corrected chi connectivity index (χ2v) is 4.36. The Morgan fingerprint density at radius 2 is 2.18 bits per heavy atom. The summed E-state index contributed by atoms with van der Waals surface area (Å²) in [5, 5.41) is 2.74. The Hall–Kier alpha value is -1.36. The molecule has 4 nitrogen and oxygen atoms in total. The Kier molecular flexibility index (Phi) is 5.69. The van der Waals surface area contributed by atoms with Gasteiger partial charge in [0.1, 0.15) is 0 Å². The van der Waals surface area contributed by atoms with Crippen LogP contribution in [0.25, 0.3) is 0 Å². The first-order chi connectivity index (χ1) is 8.13. The van der Waals surface area contributed by atoms with E-state index in [1.165, 1.54) is 7.11 Å². The van der Waals surface area contributed by atoms with Crippen molar-refractivity contribution in [1.29, 1.82) is 0 Å². The lowest BCUT2D eigenvalue weighted by atomic mass is 10.2. The molecule has 1 rings (SSSR count). The zero-order valence-corrected chi connectivity index (χ0v) is 11.1. The molecule has 0 unspecified atom stereocenters. The van der Waals surface area contributed by atoms with Crippen LogP contribution in [0.2, 0.25) is 0 Å². The van der Waals surface area contributed by atoms with Crippen LogP contribution in [-0.2, 0) is 9.53 Å². The number of rotatable bonds is 5. The maximum absolute atomic E-state index is 11.7. The summed E-state index contributed by atoms with van der Waals surface area (Å²) < 4.78 is 5.36. The topological polar surface area (TPSA) is 55.4 Å². The molecule has 1 amide bonds. The van der Waals surface area contributed by atoms with E-state index in [0.29, 0.717) is 24.9 Å². The fourth-order valence-electron chi connectivity index (χ4n) is 1.27. The Bertz CT molecular complexity index is 406. The third-order valence-electron chi connectivity index (χ3n) is 2.16. The van der Waals surface area contributed by atoms with Crippen LogP contribution in [0.3, 0.4) is 0 Å². The fraction of sp³-hybridized carbons (Fsp3) is 0.333. The summed E-state index contributed by atoms with van der Waals surface area (Å²) in [6.07, 6.45) is 0.891. The van der Waals surface area contributed by atoms with Crippen LogP contribution < -0.4 is 5.32 Å². The van der Waals surface area contributed by atoms with Gasteiger partial charge in [0.05, 0.1) is 7.11 Å². The van der Waals surface area contributed by atoms with Crippen LogP contribution in [0.5, 0.6) is 0 Å². The number of nitrogens with one attached hydrogen (secondary N) is 1. The third-order valence-corrected chi connectivity index (χ3v) is 2.65. The minimum atomic E-state index is -0.262. The van der Waals surface area contributed by atoms with Crippen molar-refractivity contribution in [3.05, 3.63) is 34.3 Å². The van der Waals surface area contributed by atoms with Crippen molar-refractivity contribution in [3.63, 3.8) is 0 Å². The molecule has 0 bridgehead atoms. The van der Waals surface area contributed by atoms with Gasteiger partial charge in [-0.05, 0) is 24.6 Å². The van der Waals surface area contributed by atoms with E-state index in [4.69, 9.17) is 0 Å². The summed E-state index contributed by atoms with van der Waals surface area (Å²) in [7, 11) is 1.35. The lowest BCUT2D eigenvalue weighted by Crippen LogP contribution is -2.24. The van der Waals surface area contributed by atoms with Gasteiger partial charge in [0.2, 0.25) is 0 Å². The first-order valence-corrected chi connectivity index (χ1v) is 6.03. The Morgan fingerprint density at radius 1 is 1.41 bits per heavy atom. The van der Waals surface area contributed by atoms with Gasteiger partial charge in [-0.25, -0.2) is 0 Å². The van der Waals surface area contributed by atoms with Crippen molar-refractivity contribution >= 4 is 27.8 Å². The highest BCUT2D eigenvalue weighted by Crippen LogP contribution is 2.11. The second-order valence-electron chi connectivity index (χ2n) is 3.45. The molecule has 5 heteroatoms. The third kappa shape index (κ3) is 4.99. The standard InChI is InChI=1S/C12H14BrNO3/c1-17-11(15)6-3-7-14-12(16)9-4-2-5-10(13)8-9/h2,4-5,8H,3,6-7H2,1H3,(H,14,16). The van der Waals surface area contributed by atoms with Crippen molar-refractivity contribution in [2.75, 3.05) is 13.7 Å². The molecular weight excluding hydrogens is 286 g/mol. The number of esters is 1. The van der Waals surface area contributed by atoms with E-state index in [0.717, 1.165) is 4.47 Å². The number of amides is 1. The Morgan fingerprint density at radius 3 is 2.82 bits per heavy atom. The van der Waals surface area contributed by atoms with E-state index in [-0.39, 0.29) is 11.9 Å². The summed E-state index contributed by atoms with van der Waals surface area (Å²) in [6.45, 7) is 0.459. The van der Waals surface area contributed by atoms with Crippen LogP contribution in [0, 0.1) is 0 Å². The highest BCUT2D eigenvalue weighted by Gasteiger charge is 2.05. The van der Waals surface area contributed by atoms with Gasteiger partial charge in [-0.2, -0.15) is 0 Å². The highest BCUT2D eigenvalue weighted by molar-refractivity contribution is 9.10. The van der Waals surface area contributed by atoms with Crippen LogP contribution in [0.4, 0.5) is 0 Å². The number of halogens is 1. The van der Waals surface area contributed by atoms with Gasteiger partial charge in [0.15, 0.2) is 0 Å². The molecule has 0 heterocycles. The molecule has 0 aliphatic heterocycles. The van der Waals surface area contributed by atoms with Gasteiger partial charge in [-0.3, -0.25) is 9.59 Å². The van der Waals surface area contributed by atoms with Crippen molar-refractivity contribution < 1.29 is 14.3 Å². The number of carbonyl (C=O) groups excluding carboxylic acids is 2. The van der Waals surface area contributed by atoms with Crippen molar-refractivity contribution in [3.8, 4) is 0 Å². The molecule has 1 aromatic carbocycles. The zero-order chi connectivity index (χ0) is 12.7. The molecule has 0 aromatic heterocycles. The van der Waals surface area contributed by atoms with Crippen molar-refractivity contribution in [1.82, 2.24) is 5.32 Å². The first kappa shape index (κ1) is 13.7. The fourth-order valence-corrected chi connectivity index (χ4v) is 1.67. The normalized spacial score (nSPS) is 9.76. The van der Waals surface area contributed by atoms with Gasteiger partial charge in [-0.1, -0.05) is 22.0 Å². The Balaban J connectivity index is 2.33. The molecule has 0 aliphatic carbocycles. The van der Waals surface area contributed by atoms with E-state index in [2.05, 4.69) is 26.0 Å². The minimum Gasteiger partial charge on any atom is -0.469 e. The summed E-state index contributed by atoms with van der Waals surface area (Å²) in [5.41, 5.74) is 0.595. The SMILES string of the molecule is COC(=O)CCCNC(=O)c1cccc(Br)c1. The molecule has 0 fully saturated rings. The average molecular weight is 300 g/mol. The number of carbonyl (C=O) groups is 2. The quantitative estimate of drug-likeness (QED) is 0.669. The maximum Gasteiger partial charge on any atom is 0.305 e. The summed E-state index contributed by atoms with van der Waals surface area (Å²) in [6, 6.07) is 7.14. The van der Waals surface area contributed by atoms with E-state index < -0.39 is 0 Å². The number of hydrogen-bond donors (Lipinski definition) is 1. The Labute approximate surface area is 108 Å². The van der Waals surface area contributed by atoms with Crippen LogP contribution >= 0.6 is 15.9 Å². The molecule has 0 aliphatic rings. The van der Waals surface area contributed by atoms with Crippen LogP contribution in [-0.4, -0.2) is 25.5 Å². The molecule has 0 saturated heterocycles. The smallest absolute Gasteiger partial charge is 0.305 e. The molecule has 0 saturated carbocycles. The number of methoxy groups -OCH3 is 1. The van der Waals surface area contributed by atoms with Gasteiger partial charge in [0.25, 0.3) is 5.91 Å². The predicted octanol–water partition coefficient (Wildman–Crippen LogP) is 2.13. The first-order valence-electron chi connectivity index (χ1n) is 5.24. The average Bonchev–Trinajstić information content (AvgIpc) is 2.34. The summed E-state index contributed by atoms with van der Waals surface area (Å²) in [4.78, 5) is 22.5. The van der Waals surface area contributed by atoms with Gasteiger partial charge < -0.3 is 10.1 Å². The van der Waals surface area contributed by atoms with Crippen molar-refractivity contribution in [2.45, 2.75) is 12.8 Å². The summed E-state index contributed by atoms with van der Waals surface area (Å²) >= 11 is 3.30. The molecule has 1 N–H and O–H groups in total. The largest absolute Gasteiger partial charge is 0.469 e. The van der Waals surface area contributed by atoms with Crippen LogP contribution in [0.1, 0.15) is 23.2 Å². The molecule has 0 spiro atoms. The molecule has 17 heavy (non-hydrogen) atoms. The molecule has 0 radical (unpaired) electrons. The molecular formula is C12H14BrNO3. The molecule has 0 atom stereocenters. The lowest BCUT2D eigenvalue weighted by molar-refractivity contribution is -0.140. The van der Waals surface area contributed by atoms with Crippen LogP contribution in [0.15, 0.2) is 28.7 Å². The molecule has 92 valence electrons. The highest BCUT2D eigenvalue weighted by atomic mass is 79.9. The van der Waals surface area contributed by atoms with E-state index in [9.17, 15) is 9.59 Å². The number of ether oxygens (including phenoxy) is 1. The second kappa shape index (κ2) is 7.06. The van der Waals surface area contributed by atoms with E-state index >= 15 is 0 Å². The van der Waals surface area contributed by atoms with Gasteiger partial charge >= 0.3 is 5.97 Å². The predicted molar refractivity (Wildman–Crippen MR) is 67.7 cm³/mol.